The van der Waals surface area contributed by atoms with Crippen LogP contribution >= 0.6 is 12.4 Å². The number of aromatic nitrogens is 2. The number of halogens is 1. The molecule has 1 atom stereocenters. The molecular weight excluding hydrogens is 280 g/mol. The summed E-state index contributed by atoms with van der Waals surface area (Å²) in [6, 6.07) is 5.03. The molecule has 0 saturated carbocycles. The van der Waals surface area contributed by atoms with Crippen LogP contribution in [0.1, 0.15) is 15.9 Å². The van der Waals surface area contributed by atoms with Crippen LogP contribution in [0.3, 0.4) is 0 Å². The Morgan fingerprint density at radius 3 is 3.05 bits per heavy atom. The summed E-state index contributed by atoms with van der Waals surface area (Å²) in [6.45, 7) is 1.48. The minimum absolute atomic E-state index is 0. The van der Waals surface area contributed by atoms with Crippen molar-refractivity contribution in [1.29, 1.82) is 0 Å². The Morgan fingerprint density at radius 1 is 1.50 bits per heavy atom. The van der Waals surface area contributed by atoms with E-state index in [1.165, 1.54) is 0 Å². The molecule has 0 spiro atoms. The molecule has 1 aliphatic rings. The van der Waals surface area contributed by atoms with Crippen molar-refractivity contribution >= 4 is 18.4 Å². The van der Waals surface area contributed by atoms with Crippen LogP contribution in [0.4, 0.5) is 0 Å². The first-order valence-electron chi connectivity index (χ1n) is 6.17. The van der Waals surface area contributed by atoms with Gasteiger partial charge in [-0.05, 0) is 30.2 Å². The zero-order valence-corrected chi connectivity index (χ0v) is 11.5. The van der Waals surface area contributed by atoms with Crippen molar-refractivity contribution in [2.45, 2.75) is 13.0 Å². The molecule has 3 rings (SSSR count). The van der Waals surface area contributed by atoms with E-state index in [4.69, 9.17) is 9.84 Å². The van der Waals surface area contributed by atoms with E-state index in [-0.39, 0.29) is 12.4 Å². The van der Waals surface area contributed by atoms with Crippen LogP contribution < -0.4 is 4.74 Å². The summed E-state index contributed by atoms with van der Waals surface area (Å²) in [5.74, 6) is 0.233. The van der Waals surface area contributed by atoms with E-state index < -0.39 is 5.97 Å². The molecule has 0 radical (unpaired) electrons. The normalized spacial score (nSPS) is 16.7. The second kappa shape index (κ2) is 5.96. The summed E-state index contributed by atoms with van der Waals surface area (Å²) in [5, 5.41) is 9.01. The second-order valence-electron chi connectivity index (χ2n) is 4.77. The predicted molar refractivity (Wildman–Crippen MR) is 75.6 cm³/mol. The molecule has 5 nitrogen and oxygen atoms in total. The lowest BCUT2D eigenvalue weighted by molar-refractivity contribution is 0.0696. The maximum Gasteiger partial charge on any atom is 0.335 e. The third-order valence-electron chi connectivity index (χ3n) is 3.32. The highest BCUT2D eigenvalue weighted by atomic mass is 35.5. The van der Waals surface area contributed by atoms with E-state index in [2.05, 4.69) is 4.98 Å². The number of benzene rings is 1. The maximum atomic E-state index is 11.0. The molecule has 1 aliphatic heterocycles. The van der Waals surface area contributed by atoms with Gasteiger partial charge < -0.3 is 14.4 Å². The summed E-state index contributed by atoms with van der Waals surface area (Å²) < 4.78 is 7.71. The highest BCUT2D eigenvalue weighted by Crippen LogP contribution is 2.28. The number of aromatic carboxylic acids is 1. The van der Waals surface area contributed by atoms with Gasteiger partial charge in [0, 0.05) is 24.9 Å². The second-order valence-corrected chi connectivity index (χ2v) is 4.77. The van der Waals surface area contributed by atoms with Crippen LogP contribution in [0.2, 0.25) is 0 Å². The standard InChI is InChI=1S/C14H14N2O3.ClH/c17-14(18)11-1-2-13-12(6-11)5-10(8-19-13)7-16-4-3-15-9-16;/h1-4,6,9-10H,5,7-8H2,(H,17,18);1H. The molecular formula is C14H15ClN2O3. The van der Waals surface area contributed by atoms with Crippen molar-refractivity contribution in [2.24, 2.45) is 5.92 Å². The van der Waals surface area contributed by atoms with Crippen LogP contribution in [0.5, 0.6) is 5.75 Å². The summed E-state index contributed by atoms with van der Waals surface area (Å²) >= 11 is 0. The Kier molecular flexibility index (Phi) is 4.29. The zero-order chi connectivity index (χ0) is 13.2. The van der Waals surface area contributed by atoms with E-state index in [0.29, 0.717) is 18.1 Å². The van der Waals surface area contributed by atoms with E-state index in [1.807, 2.05) is 10.8 Å². The highest BCUT2D eigenvalue weighted by molar-refractivity contribution is 5.88. The number of carbonyl (C=O) groups is 1. The number of imidazole rings is 1. The number of nitrogens with zero attached hydrogens (tertiary/aromatic N) is 2. The molecule has 1 aromatic carbocycles. The number of carboxylic acids is 1. The summed E-state index contributed by atoms with van der Waals surface area (Å²) in [4.78, 5) is 15.0. The van der Waals surface area contributed by atoms with E-state index in [0.717, 1.165) is 24.3 Å². The van der Waals surface area contributed by atoms with Gasteiger partial charge in [0.05, 0.1) is 18.5 Å². The predicted octanol–water partition coefficient (Wildman–Crippen LogP) is 2.25. The first-order valence-corrected chi connectivity index (χ1v) is 6.17. The number of hydrogen-bond donors (Lipinski definition) is 1. The lowest BCUT2D eigenvalue weighted by atomic mass is 9.95. The number of fused-ring (bicyclic) bond motifs is 1. The van der Waals surface area contributed by atoms with Crippen LogP contribution in [0.15, 0.2) is 36.9 Å². The van der Waals surface area contributed by atoms with Gasteiger partial charge >= 0.3 is 5.97 Å². The van der Waals surface area contributed by atoms with Gasteiger partial charge in [0.15, 0.2) is 0 Å². The van der Waals surface area contributed by atoms with Crippen LogP contribution in [-0.4, -0.2) is 27.2 Å². The Labute approximate surface area is 122 Å². The van der Waals surface area contributed by atoms with Crippen LogP contribution in [0, 0.1) is 5.92 Å². The molecule has 20 heavy (non-hydrogen) atoms. The number of ether oxygens (including phenoxy) is 1. The molecule has 2 heterocycles. The molecule has 0 aliphatic carbocycles. The zero-order valence-electron chi connectivity index (χ0n) is 10.7. The first-order chi connectivity index (χ1) is 9.22. The van der Waals surface area contributed by atoms with Gasteiger partial charge in [0.1, 0.15) is 5.75 Å². The van der Waals surface area contributed by atoms with Gasteiger partial charge in [0.2, 0.25) is 0 Å². The van der Waals surface area contributed by atoms with Gasteiger partial charge in [-0.15, -0.1) is 12.4 Å². The highest BCUT2D eigenvalue weighted by Gasteiger charge is 2.21. The Bertz CT molecular complexity index is 598. The molecule has 1 aromatic heterocycles. The van der Waals surface area contributed by atoms with Gasteiger partial charge in [-0.1, -0.05) is 0 Å². The molecule has 1 N–H and O–H groups in total. The Balaban J connectivity index is 0.00000147. The van der Waals surface area contributed by atoms with Gasteiger partial charge in [-0.2, -0.15) is 0 Å². The minimum atomic E-state index is -0.903. The number of hydrogen-bond acceptors (Lipinski definition) is 3. The molecule has 0 bridgehead atoms. The number of rotatable bonds is 3. The average molecular weight is 295 g/mol. The molecule has 0 saturated heterocycles. The van der Waals surface area contributed by atoms with Crippen molar-refractivity contribution in [2.75, 3.05) is 6.61 Å². The SMILES string of the molecule is Cl.O=C(O)c1ccc2c(c1)CC(Cn1ccnc1)CO2. The average Bonchev–Trinajstić information content (AvgIpc) is 2.90. The molecule has 6 heteroatoms. The quantitative estimate of drug-likeness (QED) is 0.943. The molecule has 1 unspecified atom stereocenters. The van der Waals surface area contributed by atoms with E-state index in [1.54, 1.807) is 30.7 Å². The lowest BCUT2D eigenvalue weighted by Gasteiger charge is -2.25. The monoisotopic (exact) mass is 294 g/mol. The lowest BCUT2D eigenvalue weighted by Crippen LogP contribution is -2.25. The van der Waals surface area contributed by atoms with Crippen molar-refractivity contribution in [1.82, 2.24) is 9.55 Å². The topological polar surface area (TPSA) is 64.3 Å². The summed E-state index contributed by atoms with van der Waals surface area (Å²) in [7, 11) is 0. The molecule has 0 fully saturated rings. The summed E-state index contributed by atoms with van der Waals surface area (Å²) in [5.41, 5.74) is 1.28. The van der Waals surface area contributed by atoms with Gasteiger partial charge in [-0.3, -0.25) is 0 Å². The maximum absolute atomic E-state index is 11.0. The van der Waals surface area contributed by atoms with Crippen molar-refractivity contribution in [3.8, 4) is 5.75 Å². The Morgan fingerprint density at radius 2 is 2.35 bits per heavy atom. The van der Waals surface area contributed by atoms with E-state index >= 15 is 0 Å². The third-order valence-corrected chi connectivity index (χ3v) is 3.32. The molecule has 2 aromatic rings. The fourth-order valence-corrected chi connectivity index (χ4v) is 2.40. The smallest absolute Gasteiger partial charge is 0.335 e. The van der Waals surface area contributed by atoms with Gasteiger partial charge in [-0.25, -0.2) is 9.78 Å². The number of carboxylic acid groups (broad SMARTS) is 1. The summed E-state index contributed by atoms with van der Waals surface area (Å²) in [6.07, 6.45) is 6.28. The van der Waals surface area contributed by atoms with Gasteiger partial charge in [0.25, 0.3) is 0 Å². The first kappa shape index (κ1) is 14.4. The molecule has 0 amide bonds. The third kappa shape index (κ3) is 2.93. The Hall–Kier alpha value is -2.01. The fraction of sp³-hybridized carbons (Fsp3) is 0.286. The minimum Gasteiger partial charge on any atom is -0.493 e. The van der Waals surface area contributed by atoms with E-state index in [9.17, 15) is 4.79 Å². The van der Waals surface area contributed by atoms with Crippen LogP contribution in [-0.2, 0) is 13.0 Å². The van der Waals surface area contributed by atoms with Crippen molar-refractivity contribution < 1.29 is 14.6 Å². The largest absolute Gasteiger partial charge is 0.493 e. The molecule has 106 valence electrons. The van der Waals surface area contributed by atoms with Crippen molar-refractivity contribution in [3.05, 3.63) is 48.0 Å². The fourth-order valence-electron chi connectivity index (χ4n) is 2.40. The van der Waals surface area contributed by atoms with Crippen molar-refractivity contribution in [3.63, 3.8) is 0 Å². The van der Waals surface area contributed by atoms with Crippen LogP contribution in [0.25, 0.3) is 0 Å².